The Balaban J connectivity index is 1.76. The third-order valence-corrected chi connectivity index (χ3v) is 4.83. The van der Waals surface area contributed by atoms with Crippen molar-refractivity contribution < 1.29 is 19.5 Å². The van der Waals surface area contributed by atoms with E-state index >= 15 is 0 Å². The molecular weight excluding hydrogens is 384 g/mol. The first-order valence-electron chi connectivity index (χ1n) is 9.53. The van der Waals surface area contributed by atoms with Crippen LogP contribution in [0.15, 0.2) is 54.7 Å². The number of benzene rings is 2. The minimum absolute atomic E-state index is 0.0999. The maximum atomic E-state index is 12.9. The number of aromatic amines is 1. The zero-order valence-corrected chi connectivity index (χ0v) is 16.5. The molecule has 0 radical (unpaired) electrons. The van der Waals surface area contributed by atoms with Gasteiger partial charge in [0, 0.05) is 36.9 Å². The molecule has 0 spiro atoms. The number of nitrogens with two attached hydrogens (primary N) is 1. The summed E-state index contributed by atoms with van der Waals surface area (Å²) in [4.78, 5) is 39.6. The fraction of sp³-hybridized carbons (Fsp3) is 0.227. The molecule has 156 valence electrons. The molecule has 3 rings (SSSR count). The second-order valence-electron chi connectivity index (χ2n) is 7.15. The third kappa shape index (κ3) is 5.16. The highest BCUT2D eigenvalue weighted by Crippen LogP contribution is 2.19. The van der Waals surface area contributed by atoms with Crippen LogP contribution in [0.5, 0.6) is 5.75 Å². The average molecular weight is 408 g/mol. The summed E-state index contributed by atoms with van der Waals surface area (Å²) in [7, 11) is 0. The SMILES string of the molecule is CC(=O)N[C@@H](Cc1c[nH]c2ccccc12)C(=O)N[C@@H](Cc1ccc(O)cc1)C(N)=O. The highest BCUT2D eigenvalue weighted by molar-refractivity contribution is 5.92. The lowest BCUT2D eigenvalue weighted by atomic mass is 10.0. The molecule has 0 saturated heterocycles. The summed E-state index contributed by atoms with van der Waals surface area (Å²) < 4.78 is 0. The molecule has 30 heavy (non-hydrogen) atoms. The van der Waals surface area contributed by atoms with Gasteiger partial charge < -0.3 is 26.5 Å². The van der Waals surface area contributed by atoms with Gasteiger partial charge >= 0.3 is 0 Å². The molecule has 1 heterocycles. The van der Waals surface area contributed by atoms with Crippen LogP contribution >= 0.6 is 0 Å². The van der Waals surface area contributed by atoms with Crippen LogP contribution in [-0.2, 0) is 27.2 Å². The number of H-pyrrole nitrogens is 1. The van der Waals surface area contributed by atoms with E-state index in [1.165, 1.54) is 19.1 Å². The van der Waals surface area contributed by atoms with Crippen molar-refractivity contribution in [2.75, 3.05) is 0 Å². The molecule has 2 aromatic carbocycles. The fourth-order valence-electron chi connectivity index (χ4n) is 3.34. The molecule has 0 unspecified atom stereocenters. The smallest absolute Gasteiger partial charge is 0.243 e. The molecular formula is C22H24N4O4. The molecule has 0 bridgehead atoms. The molecule has 0 aliphatic rings. The predicted molar refractivity (Wildman–Crippen MR) is 113 cm³/mol. The van der Waals surface area contributed by atoms with E-state index in [0.717, 1.165) is 22.0 Å². The van der Waals surface area contributed by atoms with Crippen molar-refractivity contribution in [3.05, 3.63) is 65.9 Å². The number of carbonyl (C=O) groups is 3. The van der Waals surface area contributed by atoms with Gasteiger partial charge in [-0.2, -0.15) is 0 Å². The first-order valence-corrected chi connectivity index (χ1v) is 9.53. The van der Waals surface area contributed by atoms with Crippen molar-refractivity contribution in [3.63, 3.8) is 0 Å². The number of aromatic nitrogens is 1. The van der Waals surface area contributed by atoms with E-state index in [4.69, 9.17) is 5.73 Å². The van der Waals surface area contributed by atoms with E-state index < -0.39 is 23.9 Å². The highest BCUT2D eigenvalue weighted by atomic mass is 16.3. The largest absolute Gasteiger partial charge is 0.508 e. The zero-order valence-electron chi connectivity index (χ0n) is 16.5. The quantitative estimate of drug-likeness (QED) is 0.381. The van der Waals surface area contributed by atoms with E-state index in [1.807, 2.05) is 24.3 Å². The van der Waals surface area contributed by atoms with E-state index in [9.17, 15) is 19.5 Å². The van der Waals surface area contributed by atoms with Crippen molar-refractivity contribution in [3.8, 4) is 5.75 Å². The number of amides is 3. The summed E-state index contributed by atoms with van der Waals surface area (Å²) in [5.74, 6) is -1.45. The fourth-order valence-corrected chi connectivity index (χ4v) is 3.34. The molecule has 6 N–H and O–H groups in total. The topological polar surface area (TPSA) is 137 Å². The van der Waals surface area contributed by atoms with Gasteiger partial charge in [-0.05, 0) is 29.3 Å². The van der Waals surface area contributed by atoms with Gasteiger partial charge in [-0.3, -0.25) is 14.4 Å². The molecule has 3 amide bonds. The van der Waals surface area contributed by atoms with Gasteiger partial charge in [-0.1, -0.05) is 30.3 Å². The summed E-state index contributed by atoms with van der Waals surface area (Å²) in [5, 5.41) is 15.6. The van der Waals surface area contributed by atoms with E-state index in [-0.39, 0.29) is 24.5 Å². The van der Waals surface area contributed by atoms with Crippen LogP contribution in [0.4, 0.5) is 0 Å². The Kier molecular flexibility index (Phi) is 6.36. The Morgan fingerprint density at radius 2 is 1.70 bits per heavy atom. The number of hydrogen-bond donors (Lipinski definition) is 5. The average Bonchev–Trinajstić information content (AvgIpc) is 3.11. The lowest BCUT2D eigenvalue weighted by Crippen LogP contribution is -2.54. The van der Waals surface area contributed by atoms with Crippen LogP contribution in [0, 0.1) is 0 Å². The van der Waals surface area contributed by atoms with Crippen LogP contribution in [0.3, 0.4) is 0 Å². The predicted octanol–water partition coefficient (Wildman–Crippen LogP) is 1.13. The van der Waals surface area contributed by atoms with Crippen LogP contribution in [0.25, 0.3) is 10.9 Å². The summed E-state index contributed by atoms with van der Waals surface area (Å²) in [6.45, 7) is 1.33. The second-order valence-corrected chi connectivity index (χ2v) is 7.15. The standard InChI is InChI=1S/C22H24N4O4/c1-13(27)25-20(11-15-12-24-18-5-3-2-4-17(15)18)22(30)26-19(21(23)29)10-14-6-8-16(28)9-7-14/h2-9,12,19-20,24,28H,10-11H2,1H3,(H2,23,29)(H,25,27)(H,26,30)/t19-,20-/m0/s1. The number of hydrogen-bond acceptors (Lipinski definition) is 4. The number of phenols is 1. The van der Waals surface area contributed by atoms with E-state index in [1.54, 1.807) is 18.3 Å². The van der Waals surface area contributed by atoms with Gasteiger partial charge in [-0.25, -0.2) is 0 Å². The minimum Gasteiger partial charge on any atom is -0.508 e. The number of carbonyl (C=O) groups excluding carboxylic acids is 3. The number of nitrogens with one attached hydrogen (secondary N) is 3. The van der Waals surface area contributed by atoms with Crippen LogP contribution in [-0.4, -0.2) is 39.9 Å². The molecule has 8 nitrogen and oxygen atoms in total. The molecule has 1 aromatic heterocycles. The number of rotatable bonds is 8. The number of aromatic hydroxyl groups is 1. The first-order chi connectivity index (χ1) is 14.3. The van der Waals surface area contributed by atoms with Crippen molar-refractivity contribution in [2.24, 2.45) is 5.73 Å². The summed E-state index contributed by atoms with van der Waals surface area (Å²) >= 11 is 0. The van der Waals surface area contributed by atoms with Gasteiger partial charge in [0.15, 0.2) is 0 Å². The van der Waals surface area contributed by atoms with Gasteiger partial charge in [0.1, 0.15) is 17.8 Å². The van der Waals surface area contributed by atoms with E-state index in [0.29, 0.717) is 0 Å². The number of fused-ring (bicyclic) bond motifs is 1. The number of para-hydroxylation sites is 1. The molecule has 8 heteroatoms. The molecule has 3 aromatic rings. The Bertz CT molecular complexity index is 1060. The molecule has 0 aliphatic heterocycles. The maximum Gasteiger partial charge on any atom is 0.243 e. The van der Waals surface area contributed by atoms with Crippen LogP contribution < -0.4 is 16.4 Å². The van der Waals surface area contributed by atoms with Crippen molar-refractivity contribution in [1.82, 2.24) is 15.6 Å². The lowest BCUT2D eigenvalue weighted by Gasteiger charge is -2.21. The molecule has 0 aliphatic carbocycles. The van der Waals surface area contributed by atoms with Gasteiger partial charge in [-0.15, -0.1) is 0 Å². The monoisotopic (exact) mass is 408 g/mol. The normalized spacial score (nSPS) is 12.8. The second kappa shape index (κ2) is 9.13. The van der Waals surface area contributed by atoms with Gasteiger partial charge in [0.2, 0.25) is 17.7 Å². The first kappa shape index (κ1) is 20.9. The van der Waals surface area contributed by atoms with Crippen molar-refractivity contribution >= 4 is 28.6 Å². The number of primary amides is 1. The molecule has 2 atom stereocenters. The summed E-state index contributed by atoms with van der Waals surface area (Å²) in [5.41, 5.74) is 8.00. The molecule has 0 saturated carbocycles. The maximum absolute atomic E-state index is 12.9. The Morgan fingerprint density at radius 3 is 2.37 bits per heavy atom. The lowest BCUT2D eigenvalue weighted by molar-refractivity contribution is -0.130. The van der Waals surface area contributed by atoms with Crippen molar-refractivity contribution in [2.45, 2.75) is 31.8 Å². The number of phenolic OH excluding ortho intramolecular Hbond substituents is 1. The highest BCUT2D eigenvalue weighted by Gasteiger charge is 2.26. The Hall–Kier alpha value is -3.81. The van der Waals surface area contributed by atoms with Crippen LogP contribution in [0.2, 0.25) is 0 Å². The third-order valence-electron chi connectivity index (χ3n) is 4.83. The Labute approximate surface area is 173 Å². The summed E-state index contributed by atoms with van der Waals surface area (Å²) in [6, 6.07) is 12.1. The molecule has 0 fully saturated rings. The Morgan fingerprint density at radius 1 is 1.00 bits per heavy atom. The zero-order chi connectivity index (χ0) is 21.7. The van der Waals surface area contributed by atoms with Gasteiger partial charge in [0.25, 0.3) is 0 Å². The summed E-state index contributed by atoms with van der Waals surface area (Å²) in [6.07, 6.45) is 2.22. The van der Waals surface area contributed by atoms with Gasteiger partial charge in [0.05, 0.1) is 0 Å². The van der Waals surface area contributed by atoms with Crippen molar-refractivity contribution in [1.29, 1.82) is 0 Å². The van der Waals surface area contributed by atoms with E-state index in [2.05, 4.69) is 15.6 Å². The minimum atomic E-state index is -0.957. The van der Waals surface area contributed by atoms with Crippen LogP contribution in [0.1, 0.15) is 18.1 Å².